The largest absolute Gasteiger partial charge is 0.332 e. The van der Waals surface area contributed by atoms with Gasteiger partial charge in [0.15, 0.2) is 5.11 Å². The molecule has 1 aliphatic rings. The zero-order chi connectivity index (χ0) is 19.8. The third kappa shape index (κ3) is 3.36. The first-order valence-electron chi connectivity index (χ1n) is 9.80. The predicted molar refractivity (Wildman–Crippen MR) is 123 cm³/mol. The van der Waals surface area contributed by atoms with Crippen LogP contribution in [0.2, 0.25) is 0 Å². The molecule has 4 aromatic carbocycles. The second kappa shape index (κ2) is 7.30. The Morgan fingerprint density at radius 2 is 1.55 bits per heavy atom. The van der Waals surface area contributed by atoms with E-state index in [4.69, 9.17) is 12.2 Å². The molecule has 0 atom stereocenters. The molecule has 4 aromatic rings. The smallest absolute Gasteiger partial charge is 0.230 e. The average molecular weight is 397 g/mol. The van der Waals surface area contributed by atoms with Crippen molar-refractivity contribution in [2.45, 2.75) is 19.3 Å². The molecule has 29 heavy (non-hydrogen) atoms. The van der Waals surface area contributed by atoms with Crippen molar-refractivity contribution in [3.05, 3.63) is 89.5 Å². The first kappa shape index (κ1) is 17.8. The van der Waals surface area contributed by atoms with Gasteiger partial charge in [-0.15, -0.1) is 0 Å². The molecular weight excluding hydrogens is 376 g/mol. The quantitative estimate of drug-likeness (QED) is 0.471. The van der Waals surface area contributed by atoms with E-state index in [1.54, 1.807) is 0 Å². The van der Waals surface area contributed by atoms with Crippen molar-refractivity contribution in [3.8, 4) is 0 Å². The lowest BCUT2D eigenvalue weighted by Crippen LogP contribution is -2.35. The molecule has 142 valence electrons. The highest BCUT2D eigenvalue weighted by Crippen LogP contribution is 2.34. The van der Waals surface area contributed by atoms with Gasteiger partial charge in [-0.1, -0.05) is 66.7 Å². The van der Waals surface area contributed by atoms with Crippen LogP contribution in [-0.4, -0.2) is 11.0 Å². The number of benzene rings is 4. The van der Waals surface area contributed by atoms with Gasteiger partial charge in [-0.3, -0.25) is 4.79 Å². The van der Waals surface area contributed by atoms with Crippen molar-refractivity contribution in [2.75, 3.05) is 5.32 Å². The zero-order valence-electron chi connectivity index (χ0n) is 15.9. The fraction of sp³-hybridized carbons (Fsp3) is 0.120. The van der Waals surface area contributed by atoms with Gasteiger partial charge in [-0.05, 0) is 64.0 Å². The summed E-state index contributed by atoms with van der Waals surface area (Å²) in [6, 6.07) is 24.7. The standard InChI is InChI=1S/C25H20N2OS/c28-23(15-19-8-3-6-16-5-1-2-9-20(16)19)27-25(29)26-22-14-13-18-12-11-17-7-4-10-21(22)24(17)18/h1-10,13-14H,11-12,15H2,(H2,26,27,28,29). The van der Waals surface area contributed by atoms with Crippen molar-refractivity contribution in [3.63, 3.8) is 0 Å². The number of fused-ring (bicyclic) bond motifs is 1. The molecule has 2 N–H and O–H groups in total. The lowest BCUT2D eigenvalue weighted by atomic mass is 10.0. The predicted octanol–water partition coefficient (Wildman–Crippen LogP) is 5.15. The molecule has 0 saturated heterocycles. The van der Waals surface area contributed by atoms with Crippen molar-refractivity contribution >= 4 is 50.5 Å². The molecule has 0 fully saturated rings. The average Bonchev–Trinajstić information content (AvgIpc) is 3.15. The van der Waals surface area contributed by atoms with Crippen molar-refractivity contribution in [1.29, 1.82) is 0 Å². The van der Waals surface area contributed by atoms with Crippen molar-refractivity contribution in [1.82, 2.24) is 5.32 Å². The Balaban J connectivity index is 1.33. The minimum atomic E-state index is -0.121. The van der Waals surface area contributed by atoms with Crippen LogP contribution in [0.25, 0.3) is 21.5 Å². The number of aryl methyl sites for hydroxylation is 2. The number of thiocarbonyl (C=S) groups is 1. The maximum absolute atomic E-state index is 12.6. The Morgan fingerprint density at radius 1 is 0.828 bits per heavy atom. The van der Waals surface area contributed by atoms with Crippen LogP contribution >= 0.6 is 12.2 Å². The Hall–Kier alpha value is -3.24. The maximum Gasteiger partial charge on any atom is 0.230 e. The number of amides is 1. The van der Waals surface area contributed by atoms with Gasteiger partial charge in [0, 0.05) is 11.1 Å². The number of carbonyl (C=O) groups excluding carboxylic acids is 1. The Labute approximate surface area is 174 Å². The van der Waals surface area contributed by atoms with E-state index in [1.165, 1.54) is 16.5 Å². The van der Waals surface area contributed by atoms with E-state index < -0.39 is 0 Å². The summed E-state index contributed by atoms with van der Waals surface area (Å²) < 4.78 is 0. The topological polar surface area (TPSA) is 41.1 Å². The number of nitrogens with one attached hydrogen (secondary N) is 2. The molecule has 4 heteroatoms. The molecule has 5 rings (SSSR count). The van der Waals surface area contributed by atoms with Crippen LogP contribution in [-0.2, 0) is 24.1 Å². The van der Waals surface area contributed by atoms with E-state index in [0.29, 0.717) is 5.11 Å². The molecule has 0 spiro atoms. The minimum absolute atomic E-state index is 0.121. The molecule has 0 heterocycles. The summed E-state index contributed by atoms with van der Waals surface area (Å²) in [4.78, 5) is 12.6. The fourth-order valence-electron chi connectivity index (χ4n) is 4.30. The number of rotatable bonds is 3. The first-order valence-corrected chi connectivity index (χ1v) is 10.2. The van der Waals surface area contributed by atoms with Gasteiger partial charge in [-0.25, -0.2) is 0 Å². The van der Waals surface area contributed by atoms with E-state index in [1.807, 2.05) is 30.3 Å². The number of hydrogen-bond acceptors (Lipinski definition) is 2. The highest BCUT2D eigenvalue weighted by molar-refractivity contribution is 7.80. The minimum Gasteiger partial charge on any atom is -0.332 e. The Morgan fingerprint density at radius 3 is 2.45 bits per heavy atom. The van der Waals surface area contributed by atoms with E-state index in [0.717, 1.165) is 40.3 Å². The summed E-state index contributed by atoms with van der Waals surface area (Å²) in [6.45, 7) is 0. The molecule has 0 aliphatic heterocycles. The van der Waals surface area contributed by atoms with E-state index in [9.17, 15) is 4.79 Å². The molecular formula is C25H20N2OS. The van der Waals surface area contributed by atoms with Gasteiger partial charge in [-0.2, -0.15) is 0 Å². The van der Waals surface area contributed by atoms with Gasteiger partial charge in [0.2, 0.25) is 5.91 Å². The lowest BCUT2D eigenvalue weighted by molar-refractivity contribution is -0.119. The second-order valence-electron chi connectivity index (χ2n) is 7.43. The van der Waals surface area contributed by atoms with Crippen LogP contribution in [0.15, 0.2) is 72.8 Å². The highest BCUT2D eigenvalue weighted by Gasteiger charge is 2.16. The van der Waals surface area contributed by atoms with Gasteiger partial charge in [0.1, 0.15) is 0 Å². The molecule has 0 radical (unpaired) electrons. The normalized spacial score (nSPS) is 12.3. The Kier molecular flexibility index (Phi) is 4.49. The summed E-state index contributed by atoms with van der Waals surface area (Å²) in [6.07, 6.45) is 2.46. The third-order valence-corrected chi connectivity index (χ3v) is 5.81. The zero-order valence-corrected chi connectivity index (χ0v) is 16.7. The van der Waals surface area contributed by atoms with Crippen LogP contribution < -0.4 is 10.6 Å². The van der Waals surface area contributed by atoms with Crippen molar-refractivity contribution in [2.24, 2.45) is 0 Å². The summed E-state index contributed by atoms with van der Waals surface area (Å²) in [7, 11) is 0. The van der Waals surface area contributed by atoms with Gasteiger partial charge < -0.3 is 10.6 Å². The fourth-order valence-corrected chi connectivity index (χ4v) is 4.52. The molecule has 0 unspecified atom stereocenters. The molecule has 0 aromatic heterocycles. The third-order valence-electron chi connectivity index (χ3n) is 5.61. The monoisotopic (exact) mass is 396 g/mol. The Bertz CT molecular complexity index is 1260. The number of carbonyl (C=O) groups is 1. The van der Waals surface area contributed by atoms with Crippen molar-refractivity contribution < 1.29 is 4.79 Å². The summed E-state index contributed by atoms with van der Waals surface area (Å²) in [5.74, 6) is -0.121. The second-order valence-corrected chi connectivity index (χ2v) is 7.84. The molecule has 0 bridgehead atoms. The van der Waals surface area contributed by atoms with Gasteiger partial charge in [0.05, 0.1) is 6.42 Å². The van der Waals surface area contributed by atoms with Crippen LogP contribution in [0, 0.1) is 0 Å². The van der Waals surface area contributed by atoms with Gasteiger partial charge in [0.25, 0.3) is 0 Å². The summed E-state index contributed by atoms with van der Waals surface area (Å²) in [5, 5.41) is 11.1. The SMILES string of the molecule is O=C(Cc1cccc2ccccc12)NC(=S)Nc1ccc2c3c(cccc13)CC2. The molecule has 1 amide bonds. The van der Waals surface area contributed by atoms with E-state index >= 15 is 0 Å². The maximum atomic E-state index is 12.6. The van der Waals surface area contributed by atoms with Crippen LogP contribution in [0.3, 0.4) is 0 Å². The summed E-state index contributed by atoms with van der Waals surface area (Å²) in [5.41, 5.74) is 4.69. The molecule has 3 nitrogen and oxygen atoms in total. The summed E-state index contributed by atoms with van der Waals surface area (Å²) >= 11 is 5.43. The number of hydrogen-bond donors (Lipinski definition) is 2. The number of anilines is 1. The molecule has 1 aliphatic carbocycles. The highest BCUT2D eigenvalue weighted by atomic mass is 32.1. The lowest BCUT2D eigenvalue weighted by Gasteiger charge is -2.13. The molecule has 0 saturated carbocycles. The van der Waals surface area contributed by atoms with E-state index in [2.05, 4.69) is 53.1 Å². The van der Waals surface area contributed by atoms with Crippen LogP contribution in [0.4, 0.5) is 5.69 Å². The van der Waals surface area contributed by atoms with Crippen LogP contribution in [0.5, 0.6) is 0 Å². The van der Waals surface area contributed by atoms with E-state index in [-0.39, 0.29) is 12.3 Å². The van der Waals surface area contributed by atoms with Gasteiger partial charge >= 0.3 is 0 Å². The first-order chi connectivity index (χ1) is 14.2. The van der Waals surface area contributed by atoms with Crippen LogP contribution in [0.1, 0.15) is 16.7 Å².